The van der Waals surface area contributed by atoms with Crippen molar-refractivity contribution in [3.05, 3.63) is 92.1 Å². The summed E-state index contributed by atoms with van der Waals surface area (Å²) in [6.07, 6.45) is 0. The fourth-order valence-electron chi connectivity index (χ4n) is 9.09. The second-order valence-electron chi connectivity index (χ2n) is 18.2. The Hall–Kier alpha value is -0.408. The van der Waals surface area contributed by atoms with E-state index in [-0.39, 0.29) is 40.6 Å². The van der Waals surface area contributed by atoms with Crippen LogP contribution >= 0.6 is 0 Å². The van der Waals surface area contributed by atoms with Gasteiger partial charge in [-0.3, -0.25) is 0 Å². The van der Waals surface area contributed by atoms with Crippen LogP contribution in [0.5, 0.6) is 0 Å². The Balaban J connectivity index is 0.00000417. The van der Waals surface area contributed by atoms with Gasteiger partial charge in [-0.1, -0.05) is 0 Å². The molecule has 0 spiro atoms. The second-order valence-corrected chi connectivity index (χ2v) is 39.1. The summed E-state index contributed by atoms with van der Waals surface area (Å²) in [5.74, 6) is 0. The molecule has 272 valence electrons. The van der Waals surface area contributed by atoms with Crippen LogP contribution in [0.1, 0.15) is 61.1 Å². The number of rotatable bonds is 7. The largest absolute Gasteiger partial charge is 1.00 e. The van der Waals surface area contributed by atoms with Gasteiger partial charge in [0.05, 0.1) is 0 Å². The monoisotopic (exact) mass is 832 g/mol. The zero-order valence-electron chi connectivity index (χ0n) is 34.6. The molecule has 1 aliphatic rings. The van der Waals surface area contributed by atoms with E-state index in [2.05, 4.69) is 185 Å². The summed E-state index contributed by atoms with van der Waals surface area (Å²) in [7, 11) is -7.49. The van der Waals surface area contributed by atoms with Crippen LogP contribution in [0.15, 0.2) is 58.7 Å². The molecule has 0 N–H and O–H groups in total. The quantitative estimate of drug-likeness (QED) is 0.225. The minimum atomic E-state index is -2.87. The van der Waals surface area contributed by atoms with Gasteiger partial charge in [-0.2, -0.15) is 0 Å². The Morgan fingerprint density at radius 1 is 0.360 bits per heavy atom. The third kappa shape index (κ3) is 7.60. The van der Waals surface area contributed by atoms with Crippen molar-refractivity contribution in [1.29, 1.82) is 0 Å². The smallest absolute Gasteiger partial charge is 1.00 e. The Bertz CT molecular complexity index is 1660. The van der Waals surface area contributed by atoms with E-state index in [9.17, 15) is 0 Å². The zero-order valence-corrected chi connectivity index (χ0v) is 42.4. The Labute approximate surface area is 341 Å². The van der Waals surface area contributed by atoms with Crippen LogP contribution in [0.4, 0.5) is 0 Å². The number of aryl methyl sites for hydroxylation is 6. The van der Waals surface area contributed by atoms with Crippen LogP contribution < -0.4 is 68.3 Å². The fourth-order valence-corrected chi connectivity index (χ4v) is 24.2. The number of benzene rings is 3. The molecule has 0 saturated heterocycles. The molecule has 0 fully saturated rings. The normalized spacial score (nSPS) is 15.1. The molecule has 0 aromatic heterocycles. The van der Waals surface area contributed by atoms with Gasteiger partial charge < -0.3 is 37.2 Å². The SMILES string of the molecule is CC1=C(C)[C]([Ti+3])([Si](c2cc(C)c([Si](C)(C)C)cc2C)(c2cc(C)c([Si](C)(C)C)cc2C)c2cc(C)c([Si](C)(C)C)cc2C)C(C)=C1C.[Cl-].[Cl-].[Cl-]. The van der Waals surface area contributed by atoms with Gasteiger partial charge in [-0.15, -0.1) is 0 Å². The van der Waals surface area contributed by atoms with Crippen LogP contribution in [-0.4, -0.2) is 32.3 Å². The molecule has 0 saturated carbocycles. The summed E-state index contributed by atoms with van der Waals surface area (Å²) < 4.78 is -0.116. The molecule has 0 atom stereocenters. The van der Waals surface area contributed by atoms with Crippen molar-refractivity contribution in [3.63, 3.8) is 0 Å². The fraction of sp³-hybridized carbons (Fsp3) is 0.476. The van der Waals surface area contributed by atoms with Crippen molar-refractivity contribution in [2.24, 2.45) is 0 Å². The predicted octanol–water partition coefficient (Wildman–Crippen LogP) is -0.414. The number of hydrogen-bond donors (Lipinski definition) is 0. The van der Waals surface area contributed by atoms with Crippen molar-refractivity contribution in [3.8, 4) is 0 Å². The van der Waals surface area contributed by atoms with Crippen LogP contribution in [0, 0.1) is 41.5 Å². The molecular formula is C42H63Cl3Si4Ti. The van der Waals surface area contributed by atoms with Gasteiger partial charge in [-0.05, 0) is 0 Å². The number of hydrogen-bond acceptors (Lipinski definition) is 0. The predicted molar refractivity (Wildman–Crippen MR) is 221 cm³/mol. The molecule has 8 heteroatoms. The summed E-state index contributed by atoms with van der Waals surface area (Å²) in [6, 6.07) is 16.0. The first-order chi connectivity index (χ1) is 21.2. The van der Waals surface area contributed by atoms with Crippen LogP contribution in [-0.2, 0) is 20.4 Å². The molecule has 4 rings (SSSR count). The first-order valence-corrected chi connectivity index (χ1v) is 31.0. The van der Waals surface area contributed by atoms with Gasteiger partial charge >= 0.3 is 307 Å². The molecule has 0 bridgehead atoms. The Morgan fingerprint density at radius 3 is 0.740 bits per heavy atom. The van der Waals surface area contributed by atoms with Crippen LogP contribution in [0.2, 0.25) is 62.3 Å². The summed E-state index contributed by atoms with van der Waals surface area (Å²) in [4.78, 5) is 0. The molecule has 0 heterocycles. The third-order valence-corrected chi connectivity index (χ3v) is 27.0. The molecule has 50 heavy (non-hydrogen) atoms. The van der Waals surface area contributed by atoms with E-state index in [1.165, 1.54) is 44.5 Å². The minimum absolute atomic E-state index is 0. The first-order valence-electron chi connectivity index (χ1n) is 17.7. The molecule has 0 nitrogen and oxygen atoms in total. The van der Waals surface area contributed by atoms with E-state index >= 15 is 0 Å². The van der Waals surface area contributed by atoms with Crippen molar-refractivity contribution < 1.29 is 57.7 Å². The van der Waals surface area contributed by atoms with Gasteiger partial charge in [0.2, 0.25) is 0 Å². The summed E-state index contributed by atoms with van der Waals surface area (Å²) in [5, 5.41) is 9.67. The van der Waals surface area contributed by atoms with Crippen molar-refractivity contribution in [1.82, 2.24) is 0 Å². The first kappa shape index (κ1) is 47.6. The van der Waals surface area contributed by atoms with Crippen molar-refractivity contribution in [2.45, 2.75) is 132 Å². The summed E-state index contributed by atoms with van der Waals surface area (Å²) in [6.45, 7) is 46.9. The molecule has 0 aliphatic heterocycles. The zero-order chi connectivity index (χ0) is 36.0. The van der Waals surface area contributed by atoms with Crippen LogP contribution in [0.3, 0.4) is 0 Å². The van der Waals surface area contributed by atoms with Gasteiger partial charge in [0.15, 0.2) is 0 Å². The van der Waals surface area contributed by atoms with Crippen molar-refractivity contribution >= 4 is 63.4 Å². The van der Waals surface area contributed by atoms with Crippen LogP contribution in [0.25, 0.3) is 0 Å². The van der Waals surface area contributed by atoms with Gasteiger partial charge in [0.1, 0.15) is 0 Å². The second kappa shape index (κ2) is 15.8. The van der Waals surface area contributed by atoms with E-state index in [1.807, 2.05) is 0 Å². The Morgan fingerprint density at radius 2 is 0.540 bits per heavy atom. The van der Waals surface area contributed by atoms with E-state index in [4.69, 9.17) is 0 Å². The van der Waals surface area contributed by atoms with Gasteiger partial charge in [-0.25, -0.2) is 0 Å². The molecule has 3 aromatic carbocycles. The molecular weight excluding hydrogens is 771 g/mol. The maximum atomic E-state index is 2.70. The molecule has 1 aliphatic carbocycles. The standard InChI is InChI=1S/C42H63Si4.3ClH.Ti/c1-26-23-39(29(4)20-36(26)43(11,12)13)46(42-34(9)32(7)33(8)35(42)10,40-24-27(2)37(21-30(40)5)44(14,15)16)41-25-28(3)38(22-31(41)6)45(17,18)19;;;;/h20-25H,1-19H3;3*1H;/q;;;;+3/p-3. The van der Waals surface area contributed by atoms with Gasteiger partial charge in [0.25, 0.3) is 0 Å². The van der Waals surface area contributed by atoms with Gasteiger partial charge in [0, 0.05) is 0 Å². The molecule has 0 radical (unpaired) electrons. The minimum Gasteiger partial charge on any atom is -1.00 e. The van der Waals surface area contributed by atoms with Crippen molar-refractivity contribution in [2.75, 3.05) is 0 Å². The molecule has 0 amide bonds. The summed E-state index contributed by atoms with van der Waals surface area (Å²) >= 11 is 2.66. The number of halogens is 3. The van der Waals surface area contributed by atoms with E-state index < -0.39 is 32.3 Å². The van der Waals surface area contributed by atoms with E-state index in [1.54, 1.807) is 42.3 Å². The van der Waals surface area contributed by atoms with E-state index in [0.717, 1.165) is 0 Å². The Kier molecular flexibility index (Phi) is 15.0. The number of allylic oxidation sites excluding steroid dienone is 4. The maximum Gasteiger partial charge on any atom is -1.00 e. The summed E-state index contributed by atoms with van der Waals surface area (Å²) in [5.41, 5.74) is 15.1. The average molecular weight is 835 g/mol. The maximum absolute atomic E-state index is 2.87. The topological polar surface area (TPSA) is 0 Å². The molecule has 3 aromatic rings. The average Bonchev–Trinajstić information content (AvgIpc) is 3.07. The van der Waals surface area contributed by atoms with E-state index in [0.29, 0.717) is 0 Å². The molecule has 0 unspecified atom stereocenters. The third-order valence-electron chi connectivity index (χ3n) is 11.7.